The fourth-order valence-electron chi connectivity index (χ4n) is 3.42. The minimum Gasteiger partial charge on any atom is -0.351 e. The molecule has 1 aromatic rings. The summed E-state index contributed by atoms with van der Waals surface area (Å²) < 4.78 is 0. The monoisotopic (exact) mass is 332 g/mol. The van der Waals surface area contributed by atoms with Gasteiger partial charge in [-0.05, 0) is 40.7 Å². The standard InChI is InChI=1S/C17H28N6O/c1-12(2)23-15(24)10-22(11-17(23,4)5)16(18-6)20-9-14-7-8-19-13(3)21-14/h7-8,12H,9-11H2,1-6H3,(H,18,20). The maximum atomic E-state index is 12.6. The lowest BCUT2D eigenvalue weighted by Gasteiger charge is -2.49. The first-order valence-electron chi connectivity index (χ1n) is 8.31. The van der Waals surface area contributed by atoms with Gasteiger partial charge < -0.3 is 15.1 Å². The van der Waals surface area contributed by atoms with E-state index in [0.29, 0.717) is 13.1 Å². The molecule has 2 heterocycles. The second-order valence-corrected chi connectivity index (χ2v) is 7.02. The van der Waals surface area contributed by atoms with Crippen molar-refractivity contribution in [1.82, 2.24) is 25.1 Å². The van der Waals surface area contributed by atoms with Gasteiger partial charge in [0.05, 0.1) is 24.3 Å². The summed E-state index contributed by atoms with van der Waals surface area (Å²) >= 11 is 0. The Morgan fingerprint density at radius 3 is 2.71 bits per heavy atom. The summed E-state index contributed by atoms with van der Waals surface area (Å²) in [6.45, 7) is 11.8. The molecule has 1 aliphatic heterocycles. The third-order valence-electron chi connectivity index (χ3n) is 4.11. The zero-order valence-electron chi connectivity index (χ0n) is 15.5. The van der Waals surface area contributed by atoms with Crippen LogP contribution >= 0.6 is 0 Å². The van der Waals surface area contributed by atoms with Crippen LogP contribution in [0, 0.1) is 6.92 Å². The van der Waals surface area contributed by atoms with Crippen LogP contribution in [0.2, 0.25) is 0 Å². The molecule has 1 aromatic heterocycles. The average Bonchev–Trinajstić information content (AvgIpc) is 2.45. The van der Waals surface area contributed by atoms with Gasteiger partial charge in [-0.15, -0.1) is 0 Å². The number of guanidine groups is 1. The van der Waals surface area contributed by atoms with Crippen LogP contribution in [0.5, 0.6) is 0 Å². The fraction of sp³-hybridized carbons (Fsp3) is 0.647. The number of hydrogen-bond donors (Lipinski definition) is 1. The molecule has 132 valence electrons. The molecule has 0 aromatic carbocycles. The molecule has 2 rings (SSSR count). The van der Waals surface area contributed by atoms with Crippen molar-refractivity contribution in [3.8, 4) is 0 Å². The van der Waals surface area contributed by atoms with E-state index in [-0.39, 0.29) is 17.5 Å². The molecule has 0 saturated carbocycles. The van der Waals surface area contributed by atoms with Gasteiger partial charge in [0, 0.05) is 25.8 Å². The van der Waals surface area contributed by atoms with Gasteiger partial charge in [-0.2, -0.15) is 0 Å². The first-order chi connectivity index (χ1) is 11.2. The molecule has 0 spiro atoms. The summed E-state index contributed by atoms with van der Waals surface area (Å²) in [4.78, 5) is 29.4. The Kier molecular flexibility index (Phi) is 5.41. The second-order valence-electron chi connectivity index (χ2n) is 7.02. The zero-order valence-corrected chi connectivity index (χ0v) is 15.5. The van der Waals surface area contributed by atoms with Crippen LogP contribution in [0.15, 0.2) is 17.3 Å². The van der Waals surface area contributed by atoms with Crippen molar-refractivity contribution in [2.75, 3.05) is 20.1 Å². The van der Waals surface area contributed by atoms with Gasteiger partial charge >= 0.3 is 0 Å². The quantitative estimate of drug-likeness (QED) is 0.665. The molecule has 7 nitrogen and oxygen atoms in total. The number of aliphatic imine (C=N–C) groups is 1. The number of carbonyl (C=O) groups excluding carboxylic acids is 1. The van der Waals surface area contributed by atoms with Crippen molar-refractivity contribution in [1.29, 1.82) is 0 Å². The largest absolute Gasteiger partial charge is 0.351 e. The molecule has 1 saturated heterocycles. The Balaban J connectivity index is 2.07. The van der Waals surface area contributed by atoms with Crippen molar-refractivity contribution in [2.45, 2.75) is 52.7 Å². The summed E-state index contributed by atoms with van der Waals surface area (Å²) in [5.74, 6) is 1.59. The van der Waals surface area contributed by atoms with Gasteiger partial charge in [0.2, 0.25) is 5.91 Å². The van der Waals surface area contributed by atoms with Crippen molar-refractivity contribution in [3.63, 3.8) is 0 Å². The third kappa shape index (κ3) is 4.01. The second kappa shape index (κ2) is 7.15. The van der Waals surface area contributed by atoms with Gasteiger partial charge in [0.25, 0.3) is 0 Å². The van der Waals surface area contributed by atoms with Gasteiger partial charge in [0.15, 0.2) is 5.96 Å². The van der Waals surface area contributed by atoms with Gasteiger partial charge in [-0.25, -0.2) is 9.97 Å². The van der Waals surface area contributed by atoms with Crippen molar-refractivity contribution < 1.29 is 4.79 Å². The number of piperazine rings is 1. The molecular weight excluding hydrogens is 304 g/mol. The molecule has 1 fully saturated rings. The van der Waals surface area contributed by atoms with Crippen LogP contribution in [0.25, 0.3) is 0 Å². The Hall–Kier alpha value is -2.18. The van der Waals surface area contributed by atoms with E-state index in [2.05, 4.69) is 48.0 Å². The lowest BCUT2D eigenvalue weighted by Crippen LogP contribution is -2.66. The Labute approximate surface area is 144 Å². The van der Waals surface area contributed by atoms with Crippen LogP contribution < -0.4 is 5.32 Å². The van der Waals surface area contributed by atoms with E-state index >= 15 is 0 Å². The molecule has 7 heteroatoms. The van der Waals surface area contributed by atoms with E-state index in [9.17, 15) is 4.79 Å². The molecular formula is C17H28N6O. The molecule has 0 unspecified atom stereocenters. The highest BCUT2D eigenvalue weighted by molar-refractivity contribution is 5.88. The minimum atomic E-state index is -0.243. The van der Waals surface area contributed by atoms with Crippen molar-refractivity contribution in [2.24, 2.45) is 4.99 Å². The Bertz CT molecular complexity index is 625. The normalized spacial score (nSPS) is 18.3. The Morgan fingerprint density at radius 2 is 2.17 bits per heavy atom. The molecule has 1 N–H and O–H groups in total. The molecule has 0 atom stereocenters. The molecule has 1 amide bonds. The first kappa shape index (κ1) is 18.2. The average molecular weight is 332 g/mol. The number of aromatic nitrogens is 2. The number of amides is 1. The van der Waals surface area contributed by atoms with Crippen LogP contribution in [0.4, 0.5) is 0 Å². The third-order valence-corrected chi connectivity index (χ3v) is 4.11. The maximum absolute atomic E-state index is 12.6. The van der Waals surface area contributed by atoms with Crippen LogP contribution in [0.3, 0.4) is 0 Å². The SMILES string of the molecule is CN=C(NCc1ccnc(C)n1)N1CC(=O)N(C(C)C)C(C)(C)C1. The predicted molar refractivity (Wildman–Crippen MR) is 94.6 cm³/mol. The maximum Gasteiger partial charge on any atom is 0.242 e. The van der Waals surface area contributed by atoms with E-state index in [1.54, 1.807) is 13.2 Å². The highest BCUT2D eigenvalue weighted by atomic mass is 16.2. The van der Waals surface area contributed by atoms with E-state index < -0.39 is 0 Å². The van der Waals surface area contributed by atoms with Crippen LogP contribution in [-0.4, -0.2) is 63.4 Å². The van der Waals surface area contributed by atoms with Crippen molar-refractivity contribution >= 4 is 11.9 Å². The summed E-state index contributed by atoms with van der Waals surface area (Å²) in [7, 11) is 1.74. The number of aryl methyl sites for hydroxylation is 1. The minimum absolute atomic E-state index is 0.127. The van der Waals surface area contributed by atoms with E-state index in [1.807, 2.05) is 22.8 Å². The number of hydrogen-bond acceptors (Lipinski definition) is 4. The first-order valence-corrected chi connectivity index (χ1v) is 8.31. The fourth-order valence-corrected chi connectivity index (χ4v) is 3.42. The van der Waals surface area contributed by atoms with E-state index in [1.165, 1.54) is 0 Å². The summed E-state index contributed by atoms with van der Waals surface area (Å²) in [6, 6.07) is 2.06. The van der Waals surface area contributed by atoms with Gasteiger partial charge in [0.1, 0.15) is 5.82 Å². The summed E-state index contributed by atoms with van der Waals surface area (Å²) in [5, 5.41) is 3.30. The molecule has 0 aliphatic carbocycles. The Morgan fingerprint density at radius 1 is 1.46 bits per heavy atom. The summed E-state index contributed by atoms with van der Waals surface area (Å²) in [5.41, 5.74) is 0.655. The highest BCUT2D eigenvalue weighted by Gasteiger charge is 2.40. The van der Waals surface area contributed by atoms with E-state index in [0.717, 1.165) is 24.0 Å². The number of rotatable bonds is 3. The number of carbonyl (C=O) groups is 1. The number of nitrogens with zero attached hydrogens (tertiary/aromatic N) is 5. The van der Waals surface area contributed by atoms with E-state index in [4.69, 9.17) is 0 Å². The number of nitrogens with one attached hydrogen (secondary N) is 1. The lowest BCUT2D eigenvalue weighted by molar-refractivity contribution is -0.145. The smallest absolute Gasteiger partial charge is 0.242 e. The topological polar surface area (TPSA) is 73.7 Å². The lowest BCUT2D eigenvalue weighted by atomic mass is 9.96. The highest BCUT2D eigenvalue weighted by Crippen LogP contribution is 2.24. The van der Waals surface area contributed by atoms with Gasteiger partial charge in [-0.3, -0.25) is 9.79 Å². The van der Waals surface area contributed by atoms with Crippen LogP contribution in [0.1, 0.15) is 39.2 Å². The van der Waals surface area contributed by atoms with Crippen molar-refractivity contribution in [3.05, 3.63) is 23.8 Å². The van der Waals surface area contributed by atoms with Crippen LogP contribution in [-0.2, 0) is 11.3 Å². The molecule has 0 bridgehead atoms. The predicted octanol–water partition coefficient (Wildman–Crippen LogP) is 1.19. The molecule has 0 radical (unpaired) electrons. The molecule has 1 aliphatic rings. The summed E-state index contributed by atoms with van der Waals surface area (Å²) in [6.07, 6.45) is 1.75. The molecule has 24 heavy (non-hydrogen) atoms. The van der Waals surface area contributed by atoms with Gasteiger partial charge in [-0.1, -0.05) is 0 Å². The zero-order chi connectivity index (χ0) is 17.9.